The van der Waals surface area contributed by atoms with Crippen LogP contribution < -0.4 is 5.32 Å². The van der Waals surface area contributed by atoms with Crippen LogP contribution in [-0.2, 0) is 11.3 Å². The maximum absolute atomic E-state index is 11.7. The first kappa shape index (κ1) is 13.2. The number of hydrogen-bond donors (Lipinski definition) is 1. The Morgan fingerprint density at radius 3 is 2.86 bits per heavy atom. The fraction of sp³-hybridized carbons (Fsp3) is 0.125. The molecule has 0 bridgehead atoms. The van der Waals surface area contributed by atoms with E-state index < -0.39 is 6.09 Å². The lowest BCUT2D eigenvalue weighted by Crippen LogP contribution is -2.13. The molecule has 0 saturated heterocycles. The first-order valence-corrected chi connectivity index (χ1v) is 6.55. The van der Waals surface area contributed by atoms with E-state index in [9.17, 15) is 4.79 Å². The normalized spacial score (nSPS) is 10.5. The van der Waals surface area contributed by atoms with Crippen molar-refractivity contribution in [1.82, 2.24) is 4.98 Å². The van der Waals surface area contributed by atoms with E-state index in [1.54, 1.807) is 25.1 Å². The zero-order chi connectivity index (χ0) is 14.7. The number of hydrogen-bond acceptors (Lipinski definition) is 4. The van der Waals surface area contributed by atoms with Crippen LogP contribution >= 0.6 is 0 Å². The number of amides is 1. The standard InChI is InChI=1S/C16H14N2O3/c1-11-17-14-8-7-13(9-15(14)21-11)18-16(19)20-10-12-5-3-2-4-6-12/h2-9H,10H2,1H3,(H,18,19). The number of benzene rings is 2. The summed E-state index contributed by atoms with van der Waals surface area (Å²) in [6.07, 6.45) is -0.505. The van der Waals surface area contributed by atoms with Gasteiger partial charge in [-0.3, -0.25) is 5.32 Å². The highest BCUT2D eigenvalue weighted by molar-refractivity contribution is 5.88. The number of anilines is 1. The summed E-state index contributed by atoms with van der Waals surface area (Å²) in [5.41, 5.74) is 2.94. The molecule has 0 fully saturated rings. The van der Waals surface area contributed by atoms with Gasteiger partial charge in [0.25, 0.3) is 0 Å². The topological polar surface area (TPSA) is 64.4 Å². The maximum Gasteiger partial charge on any atom is 0.411 e. The monoisotopic (exact) mass is 282 g/mol. The van der Waals surface area contributed by atoms with Crippen LogP contribution in [0.15, 0.2) is 52.9 Å². The molecule has 0 aliphatic heterocycles. The van der Waals surface area contributed by atoms with Crippen LogP contribution in [0.2, 0.25) is 0 Å². The molecule has 1 heterocycles. The van der Waals surface area contributed by atoms with Gasteiger partial charge in [0.2, 0.25) is 0 Å². The highest BCUT2D eigenvalue weighted by Crippen LogP contribution is 2.20. The van der Waals surface area contributed by atoms with Gasteiger partial charge in [0.1, 0.15) is 12.1 Å². The average Bonchev–Trinajstić information content (AvgIpc) is 2.85. The maximum atomic E-state index is 11.7. The quantitative estimate of drug-likeness (QED) is 0.791. The molecular formula is C16H14N2O3. The third kappa shape index (κ3) is 3.20. The number of carbonyl (C=O) groups is 1. The van der Waals surface area contributed by atoms with Gasteiger partial charge in [-0.25, -0.2) is 9.78 Å². The predicted molar refractivity (Wildman–Crippen MR) is 79.0 cm³/mol. The Kier molecular flexibility index (Phi) is 3.55. The fourth-order valence-electron chi connectivity index (χ4n) is 1.99. The third-order valence-corrected chi connectivity index (χ3v) is 2.95. The summed E-state index contributed by atoms with van der Waals surface area (Å²) in [7, 11) is 0. The second-order valence-electron chi connectivity index (χ2n) is 4.60. The third-order valence-electron chi connectivity index (χ3n) is 2.95. The molecule has 0 radical (unpaired) electrons. The molecule has 0 aliphatic carbocycles. The number of aromatic nitrogens is 1. The Bertz CT molecular complexity index is 766. The lowest BCUT2D eigenvalue weighted by molar-refractivity contribution is 0.155. The van der Waals surface area contributed by atoms with Gasteiger partial charge in [0.05, 0.1) is 0 Å². The second-order valence-corrected chi connectivity index (χ2v) is 4.60. The number of nitrogens with zero attached hydrogens (tertiary/aromatic N) is 1. The van der Waals surface area contributed by atoms with Crippen molar-refractivity contribution in [2.75, 3.05) is 5.32 Å². The van der Waals surface area contributed by atoms with Crippen molar-refractivity contribution >= 4 is 22.9 Å². The molecule has 1 aromatic heterocycles. The SMILES string of the molecule is Cc1nc2ccc(NC(=O)OCc3ccccc3)cc2o1. The number of oxazole rings is 1. The molecule has 5 heteroatoms. The van der Waals surface area contributed by atoms with Gasteiger partial charge < -0.3 is 9.15 Å². The minimum atomic E-state index is -0.505. The molecule has 106 valence electrons. The fourth-order valence-corrected chi connectivity index (χ4v) is 1.99. The predicted octanol–water partition coefficient (Wildman–Crippen LogP) is 3.88. The van der Waals surface area contributed by atoms with E-state index in [4.69, 9.17) is 9.15 Å². The minimum Gasteiger partial charge on any atom is -0.444 e. The average molecular weight is 282 g/mol. The lowest BCUT2D eigenvalue weighted by atomic mass is 10.2. The zero-order valence-corrected chi connectivity index (χ0v) is 11.5. The van der Waals surface area contributed by atoms with Crippen LogP contribution in [-0.4, -0.2) is 11.1 Å². The van der Waals surface area contributed by atoms with Gasteiger partial charge in [0.15, 0.2) is 11.5 Å². The lowest BCUT2D eigenvalue weighted by Gasteiger charge is -2.06. The molecule has 0 aliphatic rings. The molecule has 2 aromatic carbocycles. The highest BCUT2D eigenvalue weighted by Gasteiger charge is 2.07. The van der Waals surface area contributed by atoms with Crippen LogP contribution in [0.4, 0.5) is 10.5 Å². The van der Waals surface area contributed by atoms with Crippen LogP contribution in [0, 0.1) is 6.92 Å². The molecule has 0 spiro atoms. The molecule has 0 unspecified atom stereocenters. The molecule has 5 nitrogen and oxygen atoms in total. The molecule has 3 rings (SSSR count). The number of ether oxygens (including phenoxy) is 1. The number of rotatable bonds is 3. The van der Waals surface area contributed by atoms with Gasteiger partial charge in [-0.1, -0.05) is 30.3 Å². The highest BCUT2D eigenvalue weighted by atomic mass is 16.5. The Morgan fingerprint density at radius 1 is 1.24 bits per heavy atom. The molecule has 0 saturated carbocycles. The summed E-state index contributed by atoms with van der Waals surface area (Å²) in [6, 6.07) is 14.8. The van der Waals surface area contributed by atoms with Gasteiger partial charge in [-0.15, -0.1) is 0 Å². The molecule has 21 heavy (non-hydrogen) atoms. The summed E-state index contributed by atoms with van der Waals surface area (Å²) in [5.74, 6) is 0.591. The summed E-state index contributed by atoms with van der Waals surface area (Å²) in [6.45, 7) is 2.01. The first-order chi connectivity index (χ1) is 10.2. The van der Waals surface area contributed by atoms with E-state index in [1.165, 1.54) is 0 Å². The summed E-state index contributed by atoms with van der Waals surface area (Å²) >= 11 is 0. The van der Waals surface area contributed by atoms with Crippen molar-refractivity contribution in [1.29, 1.82) is 0 Å². The van der Waals surface area contributed by atoms with Crippen LogP contribution in [0.5, 0.6) is 0 Å². The minimum absolute atomic E-state index is 0.232. The smallest absolute Gasteiger partial charge is 0.411 e. The molecular weight excluding hydrogens is 268 g/mol. The Hall–Kier alpha value is -2.82. The van der Waals surface area contributed by atoms with Crippen LogP contribution in [0.3, 0.4) is 0 Å². The van der Waals surface area contributed by atoms with Gasteiger partial charge in [-0.05, 0) is 17.7 Å². The summed E-state index contributed by atoms with van der Waals surface area (Å²) in [4.78, 5) is 15.9. The van der Waals surface area contributed by atoms with Crippen LogP contribution in [0.25, 0.3) is 11.1 Å². The van der Waals surface area contributed by atoms with E-state index in [-0.39, 0.29) is 6.61 Å². The zero-order valence-electron chi connectivity index (χ0n) is 11.5. The summed E-state index contributed by atoms with van der Waals surface area (Å²) < 4.78 is 10.6. The van der Waals surface area contributed by atoms with E-state index in [0.717, 1.165) is 11.1 Å². The van der Waals surface area contributed by atoms with Gasteiger partial charge in [-0.2, -0.15) is 0 Å². The Labute approximate surface area is 121 Å². The van der Waals surface area contributed by atoms with Gasteiger partial charge in [0, 0.05) is 18.7 Å². The van der Waals surface area contributed by atoms with E-state index in [0.29, 0.717) is 17.2 Å². The van der Waals surface area contributed by atoms with Crippen molar-refractivity contribution in [3.63, 3.8) is 0 Å². The Balaban J connectivity index is 1.63. The second kappa shape index (κ2) is 5.66. The van der Waals surface area contributed by atoms with Gasteiger partial charge >= 0.3 is 6.09 Å². The number of aryl methyl sites for hydroxylation is 1. The van der Waals surface area contributed by atoms with E-state index >= 15 is 0 Å². The molecule has 3 aromatic rings. The van der Waals surface area contributed by atoms with Crippen molar-refractivity contribution in [3.05, 3.63) is 60.0 Å². The Morgan fingerprint density at radius 2 is 2.05 bits per heavy atom. The van der Waals surface area contributed by atoms with E-state index in [2.05, 4.69) is 10.3 Å². The van der Waals surface area contributed by atoms with Crippen LogP contribution in [0.1, 0.15) is 11.5 Å². The number of nitrogens with one attached hydrogen (secondary N) is 1. The summed E-state index contributed by atoms with van der Waals surface area (Å²) in [5, 5.41) is 2.66. The van der Waals surface area contributed by atoms with E-state index in [1.807, 2.05) is 30.3 Å². The molecule has 0 atom stereocenters. The van der Waals surface area contributed by atoms with Crippen molar-refractivity contribution in [3.8, 4) is 0 Å². The van der Waals surface area contributed by atoms with Crippen molar-refractivity contribution < 1.29 is 13.9 Å². The van der Waals surface area contributed by atoms with Crippen molar-refractivity contribution in [2.45, 2.75) is 13.5 Å². The molecule has 1 amide bonds. The molecule has 1 N–H and O–H groups in total. The number of carbonyl (C=O) groups excluding carboxylic acids is 1. The number of fused-ring (bicyclic) bond motifs is 1. The largest absolute Gasteiger partial charge is 0.444 e. The first-order valence-electron chi connectivity index (χ1n) is 6.55. The van der Waals surface area contributed by atoms with Crippen molar-refractivity contribution in [2.24, 2.45) is 0 Å².